The van der Waals surface area contributed by atoms with Crippen molar-refractivity contribution in [3.05, 3.63) is 120 Å². The molecule has 4 N–H and O–H groups in total. The summed E-state index contributed by atoms with van der Waals surface area (Å²) in [7, 11) is 0. The molecule has 3 rings (SSSR count). The molecule has 0 fully saturated rings. The van der Waals surface area contributed by atoms with Crippen LogP contribution in [0.25, 0.3) is 5.57 Å². The Morgan fingerprint density at radius 3 is 2.62 bits per heavy atom. The lowest BCUT2D eigenvalue weighted by molar-refractivity contribution is 0.221. The second-order valence-electron chi connectivity index (χ2n) is 8.87. The lowest BCUT2D eigenvalue weighted by Crippen LogP contribution is -2.29. The molecule has 0 atom stereocenters. The van der Waals surface area contributed by atoms with Crippen molar-refractivity contribution in [3.63, 3.8) is 0 Å². The van der Waals surface area contributed by atoms with Crippen molar-refractivity contribution in [2.24, 2.45) is 5.73 Å². The molecule has 0 saturated carbocycles. The summed E-state index contributed by atoms with van der Waals surface area (Å²) in [6.07, 6.45) is 8.88. The highest BCUT2D eigenvalue weighted by molar-refractivity contribution is 5.73. The van der Waals surface area contributed by atoms with E-state index in [1.54, 1.807) is 19.9 Å². The number of hydrogen-bond acceptors (Lipinski definition) is 4. The fourth-order valence-electron chi connectivity index (χ4n) is 3.69. The molecule has 5 heteroatoms. The molecular weight excluding hydrogens is 423 g/mol. The predicted octanol–water partition coefficient (Wildman–Crippen LogP) is 6.54. The number of rotatable bonds is 8. The normalized spacial score (nSPS) is 17.6. The highest BCUT2D eigenvalue weighted by Crippen LogP contribution is 2.27. The number of alkyl halides is 1. The molecule has 34 heavy (non-hydrogen) atoms. The number of allylic oxidation sites excluding steroid dienone is 4. The Kier molecular flexibility index (Phi) is 8.13. The van der Waals surface area contributed by atoms with Gasteiger partial charge in [0.2, 0.25) is 0 Å². The molecule has 1 heterocycles. The molecule has 1 aliphatic rings. The van der Waals surface area contributed by atoms with Crippen LogP contribution in [0.2, 0.25) is 0 Å². The molecule has 0 aromatic heterocycles. The van der Waals surface area contributed by atoms with E-state index >= 15 is 0 Å². The highest BCUT2D eigenvalue weighted by atomic mass is 19.1. The van der Waals surface area contributed by atoms with Crippen LogP contribution >= 0.6 is 0 Å². The summed E-state index contributed by atoms with van der Waals surface area (Å²) in [6.45, 7) is 15.0. The molecule has 2 aromatic rings. The van der Waals surface area contributed by atoms with Crippen LogP contribution in [-0.2, 0) is 12.2 Å². The van der Waals surface area contributed by atoms with Gasteiger partial charge >= 0.3 is 0 Å². The first-order chi connectivity index (χ1) is 16.2. The van der Waals surface area contributed by atoms with Crippen molar-refractivity contribution in [1.82, 2.24) is 10.2 Å². The number of nitrogens with zero attached hydrogens (tertiary/aromatic N) is 1. The van der Waals surface area contributed by atoms with E-state index in [2.05, 4.69) is 41.7 Å². The van der Waals surface area contributed by atoms with E-state index in [1.165, 1.54) is 0 Å². The number of nitrogens with one attached hydrogen (secondary N) is 2. The van der Waals surface area contributed by atoms with Crippen LogP contribution in [-0.4, -0.2) is 11.4 Å². The molecule has 0 spiro atoms. The van der Waals surface area contributed by atoms with Gasteiger partial charge in [-0.2, -0.15) is 0 Å². The van der Waals surface area contributed by atoms with Crippen molar-refractivity contribution in [1.29, 1.82) is 0 Å². The maximum Gasteiger partial charge on any atom is 0.130 e. The Hall–Kier alpha value is -3.57. The summed E-state index contributed by atoms with van der Waals surface area (Å²) in [6, 6.07) is 15.5. The number of nitrogens with two attached hydrogens (primary N) is 1. The molecule has 178 valence electrons. The van der Waals surface area contributed by atoms with Crippen LogP contribution in [0.1, 0.15) is 43.9 Å². The van der Waals surface area contributed by atoms with Gasteiger partial charge in [0.15, 0.2) is 0 Å². The van der Waals surface area contributed by atoms with E-state index in [4.69, 9.17) is 5.73 Å². The van der Waals surface area contributed by atoms with Gasteiger partial charge in [-0.3, -0.25) is 0 Å². The van der Waals surface area contributed by atoms with Gasteiger partial charge in [-0.1, -0.05) is 55.6 Å². The Morgan fingerprint density at radius 2 is 1.94 bits per heavy atom. The third kappa shape index (κ3) is 6.49. The fraction of sp³-hybridized carbons (Fsp3) is 0.241. The zero-order valence-electron chi connectivity index (χ0n) is 20.4. The zero-order chi connectivity index (χ0) is 24.7. The van der Waals surface area contributed by atoms with Gasteiger partial charge < -0.3 is 21.3 Å². The maximum absolute atomic E-state index is 14.4. The van der Waals surface area contributed by atoms with Crippen LogP contribution in [0.4, 0.5) is 10.1 Å². The number of halogens is 1. The van der Waals surface area contributed by atoms with Gasteiger partial charge in [0, 0.05) is 24.5 Å². The molecule has 0 bridgehead atoms. The molecule has 0 radical (unpaired) electrons. The van der Waals surface area contributed by atoms with Crippen LogP contribution in [0.3, 0.4) is 0 Å². The van der Waals surface area contributed by atoms with Crippen LogP contribution in [0.5, 0.6) is 0 Å². The largest absolute Gasteiger partial charge is 0.361 e. The first-order valence-corrected chi connectivity index (χ1v) is 11.5. The minimum absolute atomic E-state index is 0.518. The van der Waals surface area contributed by atoms with E-state index in [0.29, 0.717) is 12.1 Å². The third-order valence-corrected chi connectivity index (χ3v) is 5.85. The first-order valence-electron chi connectivity index (χ1n) is 11.5. The second-order valence-corrected chi connectivity index (χ2v) is 8.87. The topological polar surface area (TPSA) is 53.3 Å². The quantitative estimate of drug-likeness (QED) is 0.393. The number of hydrogen-bond donors (Lipinski definition) is 3. The molecule has 0 aliphatic carbocycles. The predicted molar refractivity (Wildman–Crippen MR) is 142 cm³/mol. The zero-order valence-corrected chi connectivity index (χ0v) is 20.4. The lowest BCUT2D eigenvalue weighted by Gasteiger charge is -2.30. The second kappa shape index (κ2) is 11.0. The SMILES string of the molecule is C=C(/C=C\C1=C(/C)N(C(=C)Nc2ccc(CN)cc2)CC/C=C\N1)c1cccc(C(C)(C)F)c1. The highest BCUT2D eigenvalue weighted by Gasteiger charge is 2.19. The summed E-state index contributed by atoms with van der Waals surface area (Å²) in [5.74, 6) is 0.790. The summed E-state index contributed by atoms with van der Waals surface area (Å²) in [5, 5.41) is 6.76. The van der Waals surface area contributed by atoms with Crippen molar-refractivity contribution in [2.45, 2.75) is 39.4 Å². The van der Waals surface area contributed by atoms with E-state index in [9.17, 15) is 4.39 Å². The Bertz CT molecular complexity index is 1120. The molecule has 4 nitrogen and oxygen atoms in total. The van der Waals surface area contributed by atoms with Crippen molar-refractivity contribution >= 4 is 11.3 Å². The molecule has 0 amide bonds. The fourth-order valence-corrected chi connectivity index (χ4v) is 3.69. The Morgan fingerprint density at radius 1 is 1.21 bits per heavy atom. The monoisotopic (exact) mass is 458 g/mol. The van der Waals surface area contributed by atoms with Crippen LogP contribution in [0, 0.1) is 0 Å². The minimum Gasteiger partial charge on any atom is -0.361 e. The van der Waals surface area contributed by atoms with Gasteiger partial charge in [0.05, 0.1) is 5.70 Å². The average molecular weight is 459 g/mol. The van der Waals surface area contributed by atoms with Crippen LogP contribution in [0.15, 0.2) is 103 Å². The van der Waals surface area contributed by atoms with Gasteiger partial charge in [0.25, 0.3) is 0 Å². The average Bonchev–Trinajstić information content (AvgIpc) is 2.81. The Balaban J connectivity index is 1.80. The minimum atomic E-state index is -1.40. The van der Waals surface area contributed by atoms with Crippen LogP contribution < -0.4 is 16.4 Å². The standard InChI is InChI=1S/C29H35FN4/c1-21(25-9-8-10-26(19-25)29(4,5)30)11-16-28-22(2)34(18-7-6-17-32-28)23(3)33-27-14-12-24(20-31)13-15-27/h6,8-17,19,32-33H,1,3,7,18,20,31H2,2,4-5H3/b16-11-,17-6-,28-22-. The molecular formula is C29H35FN4. The van der Waals surface area contributed by atoms with E-state index in [0.717, 1.165) is 52.6 Å². The molecule has 0 saturated heterocycles. The van der Waals surface area contributed by atoms with Gasteiger partial charge in [-0.15, -0.1) is 0 Å². The first kappa shape index (κ1) is 25.1. The van der Waals surface area contributed by atoms with Gasteiger partial charge in [0.1, 0.15) is 11.5 Å². The van der Waals surface area contributed by atoms with Gasteiger partial charge in [-0.05, 0) is 79.9 Å². The number of anilines is 1. The van der Waals surface area contributed by atoms with E-state index in [-0.39, 0.29) is 0 Å². The summed E-state index contributed by atoms with van der Waals surface area (Å²) in [5.41, 5.74) is 10.6. The Labute approximate surface area is 203 Å². The summed E-state index contributed by atoms with van der Waals surface area (Å²) in [4.78, 5) is 2.15. The molecule has 0 unspecified atom stereocenters. The molecule has 2 aromatic carbocycles. The smallest absolute Gasteiger partial charge is 0.130 e. The van der Waals surface area contributed by atoms with E-state index in [1.807, 2.05) is 60.8 Å². The van der Waals surface area contributed by atoms with Crippen molar-refractivity contribution < 1.29 is 4.39 Å². The van der Waals surface area contributed by atoms with Crippen molar-refractivity contribution in [2.75, 3.05) is 11.9 Å². The molecule has 1 aliphatic heterocycles. The summed E-state index contributed by atoms with van der Waals surface area (Å²) >= 11 is 0. The summed E-state index contributed by atoms with van der Waals surface area (Å²) < 4.78 is 14.4. The third-order valence-electron chi connectivity index (χ3n) is 5.85. The van der Waals surface area contributed by atoms with Crippen molar-refractivity contribution in [3.8, 4) is 0 Å². The van der Waals surface area contributed by atoms with Gasteiger partial charge in [-0.25, -0.2) is 4.39 Å². The maximum atomic E-state index is 14.4. The lowest BCUT2D eigenvalue weighted by atomic mass is 9.95. The number of benzene rings is 2. The van der Waals surface area contributed by atoms with E-state index < -0.39 is 5.67 Å².